The van der Waals surface area contributed by atoms with Gasteiger partial charge in [-0.05, 0) is 39.8 Å². The summed E-state index contributed by atoms with van der Waals surface area (Å²) < 4.78 is 0. The van der Waals surface area contributed by atoms with Gasteiger partial charge in [0.1, 0.15) is 5.02 Å². The van der Waals surface area contributed by atoms with Crippen molar-refractivity contribution in [3.8, 4) is 0 Å². The summed E-state index contributed by atoms with van der Waals surface area (Å²) in [6.45, 7) is 8.61. The maximum atomic E-state index is 12.4. The summed E-state index contributed by atoms with van der Waals surface area (Å²) >= 11 is 5.79. The maximum absolute atomic E-state index is 12.4. The molecule has 0 aromatic heterocycles. The van der Waals surface area contributed by atoms with Crippen LogP contribution < -0.4 is 10.6 Å². The highest BCUT2D eigenvalue weighted by Crippen LogP contribution is 2.26. The number of halogens is 1. The number of quaternary nitrogens is 1. The maximum Gasteiger partial charge on any atom is 0.288 e. The average Bonchev–Trinajstić information content (AvgIpc) is 2.34. The van der Waals surface area contributed by atoms with Crippen LogP contribution in [0.3, 0.4) is 0 Å². The fourth-order valence-corrected chi connectivity index (χ4v) is 3.87. The van der Waals surface area contributed by atoms with E-state index < -0.39 is 4.92 Å². The predicted octanol–water partition coefficient (Wildman–Crippen LogP) is 2.26. The Bertz CT molecular complexity index is 627. The summed E-state index contributed by atoms with van der Waals surface area (Å²) in [5.41, 5.74) is 0.0698. The molecular weight excluding hydrogens is 318 g/mol. The fourth-order valence-electron chi connectivity index (χ4n) is 3.68. The number of benzene rings is 1. The average molecular weight is 341 g/mol. The minimum atomic E-state index is -0.582. The third-order valence-corrected chi connectivity index (χ3v) is 4.39. The molecule has 23 heavy (non-hydrogen) atoms. The monoisotopic (exact) mass is 340 g/mol. The number of nitro groups is 1. The topological polar surface area (TPSA) is 88.8 Å². The van der Waals surface area contributed by atoms with Gasteiger partial charge in [-0.1, -0.05) is 11.6 Å². The van der Waals surface area contributed by atoms with Crippen molar-refractivity contribution in [1.82, 2.24) is 5.32 Å². The minimum absolute atomic E-state index is 0.0288. The largest absolute Gasteiger partial charge is 0.349 e. The Kier molecular flexibility index (Phi) is 4.69. The van der Waals surface area contributed by atoms with Crippen LogP contribution in [0.4, 0.5) is 5.69 Å². The van der Waals surface area contributed by atoms with Crippen molar-refractivity contribution in [3.05, 3.63) is 38.9 Å². The molecule has 0 bridgehead atoms. The van der Waals surface area contributed by atoms with E-state index in [-0.39, 0.29) is 39.3 Å². The summed E-state index contributed by atoms with van der Waals surface area (Å²) in [5.74, 6) is -0.303. The van der Waals surface area contributed by atoms with Crippen molar-refractivity contribution in [2.45, 2.75) is 57.7 Å². The van der Waals surface area contributed by atoms with E-state index in [1.165, 1.54) is 18.2 Å². The molecule has 7 heteroatoms. The third-order valence-electron chi connectivity index (χ3n) is 4.07. The van der Waals surface area contributed by atoms with E-state index in [0.29, 0.717) is 0 Å². The second-order valence-corrected chi connectivity index (χ2v) is 8.03. The van der Waals surface area contributed by atoms with E-state index in [1.807, 2.05) is 0 Å². The quantitative estimate of drug-likeness (QED) is 0.653. The number of rotatable bonds is 3. The summed E-state index contributed by atoms with van der Waals surface area (Å²) in [6.07, 6.45) is 1.69. The van der Waals surface area contributed by atoms with Gasteiger partial charge in [-0.15, -0.1) is 0 Å². The van der Waals surface area contributed by atoms with Crippen LogP contribution in [0.1, 0.15) is 50.9 Å². The van der Waals surface area contributed by atoms with Crippen molar-refractivity contribution >= 4 is 23.2 Å². The minimum Gasteiger partial charge on any atom is -0.349 e. The van der Waals surface area contributed by atoms with E-state index in [4.69, 9.17) is 11.6 Å². The first-order chi connectivity index (χ1) is 10.5. The smallest absolute Gasteiger partial charge is 0.288 e. The Morgan fingerprint density at radius 1 is 1.30 bits per heavy atom. The van der Waals surface area contributed by atoms with Crippen LogP contribution in [0.2, 0.25) is 5.02 Å². The molecular formula is C16H23ClN3O3+. The molecule has 6 nitrogen and oxygen atoms in total. The Morgan fingerprint density at radius 3 is 2.39 bits per heavy atom. The summed E-state index contributed by atoms with van der Waals surface area (Å²) in [4.78, 5) is 22.8. The molecule has 1 fully saturated rings. The normalized spacial score (nSPS) is 20.0. The van der Waals surface area contributed by atoms with Gasteiger partial charge in [0.15, 0.2) is 0 Å². The Hall–Kier alpha value is -1.66. The molecule has 1 heterocycles. The first kappa shape index (κ1) is 17.7. The van der Waals surface area contributed by atoms with Gasteiger partial charge in [0.25, 0.3) is 11.6 Å². The second-order valence-electron chi connectivity index (χ2n) is 7.62. The van der Waals surface area contributed by atoms with E-state index in [0.717, 1.165) is 12.8 Å². The van der Waals surface area contributed by atoms with Crippen LogP contribution in [0, 0.1) is 10.1 Å². The van der Waals surface area contributed by atoms with Gasteiger partial charge in [-0.3, -0.25) is 14.9 Å². The predicted molar refractivity (Wildman–Crippen MR) is 88.7 cm³/mol. The number of nitrogens with two attached hydrogens (primary N) is 1. The molecule has 1 saturated heterocycles. The molecule has 3 N–H and O–H groups in total. The van der Waals surface area contributed by atoms with Crippen molar-refractivity contribution in [2.75, 3.05) is 0 Å². The fraction of sp³-hybridized carbons (Fsp3) is 0.562. The van der Waals surface area contributed by atoms with Crippen LogP contribution in [-0.2, 0) is 0 Å². The Balaban J connectivity index is 2.16. The number of nitrogens with zero attached hydrogens (tertiary/aromatic N) is 1. The molecule has 1 aromatic carbocycles. The number of nitrogens with one attached hydrogen (secondary N) is 1. The zero-order chi connectivity index (χ0) is 17.4. The van der Waals surface area contributed by atoms with Crippen LogP contribution in [0.15, 0.2) is 18.2 Å². The second kappa shape index (κ2) is 6.09. The van der Waals surface area contributed by atoms with E-state index in [2.05, 4.69) is 38.3 Å². The number of hydrogen-bond donors (Lipinski definition) is 2. The lowest BCUT2D eigenvalue weighted by Gasteiger charge is -2.43. The molecule has 1 aliphatic rings. The van der Waals surface area contributed by atoms with Gasteiger partial charge in [0.05, 0.1) is 16.0 Å². The van der Waals surface area contributed by atoms with Crippen molar-refractivity contribution in [3.63, 3.8) is 0 Å². The third kappa shape index (κ3) is 4.42. The van der Waals surface area contributed by atoms with E-state index >= 15 is 0 Å². The number of piperidine rings is 1. The molecule has 1 amide bonds. The summed E-state index contributed by atoms with van der Waals surface area (Å²) in [7, 11) is 0. The molecule has 0 spiro atoms. The van der Waals surface area contributed by atoms with Gasteiger partial charge in [0, 0.05) is 30.5 Å². The molecule has 0 saturated carbocycles. The molecule has 0 atom stereocenters. The molecule has 0 radical (unpaired) electrons. The van der Waals surface area contributed by atoms with E-state index in [1.54, 1.807) is 0 Å². The van der Waals surface area contributed by atoms with Gasteiger partial charge >= 0.3 is 0 Å². The molecule has 1 aromatic rings. The van der Waals surface area contributed by atoms with E-state index in [9.17, 15) is 14.9 Å². The van der Waals surface area contributed by atoms with Crippen LogP contribution in [0.25, 0.3) is 0 Å². The molecule has 1 aliphatic heterocycles. The lowest BCUT2D eigenvalue weighted by atomic mass is 9.79. The van der Waals surface area contributed by atoms with Crippen molar-refractivity contribution in [2.24, 2.45) is 0 Å². The van der Waals surface area contributed by atoms with Gasteiger partial charge in [-0.2, -0.15) is 0 Å². The number of amides is 1. The number of carbonyl (C=O) groups excluding carboxylic acids is 1. The highest BCUT2D eigenvalue weighted by atomic mass is 35.5. The number of nitro benzene ring substituents is 1. The van der Waals surface area contributed by atoms with Crippen LogP contribution in [0.5, 0.6) is 0 Å². The molecule has 126 valence electrons. The molecule has 2 rings (SSSR count). The van der Waals surface area contributed by atoms with Gasteiger partial charge < -0.3 is 10.6 Å². The lowest BCUT2D eigenvalue weighted by molar-refractivity contribution is -0.787. The Labute approximate surface area is 140 Å². The number of carbonyl (C=O) groups is 1. The van der Waals surface area contributed by atoms with Crippen LogP contribution in [-0.4, -0.2) is 28.0 Å². The highest BCUT2D eigenvalue weighted by molar-refractivity contribution is 6.32. The van der Waals surface area contributed by atoms with Crippen molar-refractivity contribution < 1.29 is 15.0 Å². The summed E-state index contributed by atoms with van der Waals surface area (Å²) in [6, 6.07) is 4.16. The molecule has 0 unspecified atom stereocenters. The first-order valence-electron chi connectivity index (χ1n) is 7.61. The zero-order valence-electron chi connectivity index (χ0n) is 13.9. The van der Waals surface area contributed by atoms with Crippen molar-refractivity contribution in [1.29, 1.82) is 0 Å². The standard InChI is InChI=1S/C16H22ClN3O3/c1-15(2)8-11(9-16(3,4)19-15)18-14(21)10-5-6-12(17)13(7-10)20(22)23/h5-7,11,19H,8-9H2,1-4H3,(H,18,21)/p+1. The summed E-state index contributed by atoms with van der Waals surface area (Å²) in [5, 5.41) is 16.3. The highest BCUT2D eigenvalue weighted by Gasteiger charge is 2.42. The molecule has 0 aliphatic carbocycles. The first-order valence-corrected chi connectivity index (χ1v) is 7.99. The zero-order valence-corrected chi connectivity index (χ0v) is 14.6. The lowest BCUT2D eigenvalue weighted by Crippen LogP contribution is -3.06. The number of hydrogen-bond acceptors (Lipinski definition) is 3. The van der Waals surface area contributed by atoms with Gasteiger partial charge in [-0.25, -0.2) is 0 Å². The SMILES string of the molecule is CC1(C)CC(NC(=O)c2ccc(Cl)c([N+](=O)[O-])c2)CC(C)(C)[NH2+]1. The van der Waals surface area contributed by atoms with Gasteiger partial charge in [0.2, 0.25) is 0 Å². The van der Waals surface area contributed by atoms with Crippen LogP contribution >= 0.6 is 11.6 Å². The Morgan fingerprint density at radius 2 is 1.87 bits per heavy atom.